The molecular formula is C15H23NO. The normalized spacial score (nSPS) is 10.4. The Labute approximate surface area is 105 Å². The maximum atomic E-state index is 5.41. The maximum Gasteiger partial charge on any atom is 0.0591 e. The van der Waals surface area contributed by atoms with Crippen LogP contribution < -0.4 is 5.32 Å². The lowest BCUT2D eigenvalue weighted by Gasteiger charge is -2.05. The molecule has 0 bridgehead atoms. The highest BCUT2D eigenvalue weighted by Crippen LogP contribution is 2.01. The molecule has 0 unspecified atom stereocenters. The zero-order chi connectivity index (χ0) is 12.2. The van der Waals surface area contributed by atoms with E-state index in [9.17, 15) is 0 Å². The fourth-order valence-corrected chi connectivity index (χ4v) is 1.60. The van der Waals surface area contributed by atoms with Crippen molar-refractivity contribution in [3.05, 3.63) is 48.6 Å². The Bertz CT molecular complexity index is 284. The first-order valence-electron chi connectivity index (χ1n) is 6.37. The van der Waals surface area contributed by atoms with Crippen LogP contribution in [0.15, 0.2) is 43.0 Å². The van der Waals surface area contributed by atoms with E-state index in [1.54, 1.807) is 0 Å². The summed E-state index contributed by atoms with van der Waals surface area (Å²) >= 11 is 0. The molecule has 2 heteroatoms. The third-order valence-electron chi connectivity index (χ3n) is 2.55. The molecule has 0 radical (unpaired) electrons. The molecular weight excluding hydrogens is 210 g/mol. The van der Waals surface area contributed by atoms with Crippen molar-refractivity contribution in [1.82, 2.24) is 5.32 Å². The number of hydrogen-bond donors (Lipinski definition) is 1. The van der Waals surface area contributed by atoms with Crippen molar-refractivity contribution in [2.75, 3.05) is 26.3 Å². The second-order valence-corrected chi connectivity index (χ2v) is 4.03. The average molecular weight is 233 g/mol. The van der Waals surface area contributed by atoms with E-state index in [1.165, 1.54) is 12.0 Å². The quantitative estimate of drug-likeness (QED) is 0.495. The lowest BCUT2D eigenvalue weighted by Crippen LogP contribution is -2.21. The molecule has 1 aromatic rings. The predicted octanol–water partition coefficient (Wildman–Crippen LogP) is 2.80. The van der Waals surface area contributed by atoms with E-state index in [1.807, 2.05) is 6.08 Å². The summed E-state index contributed by atoms with van der Waals surface area (Å²) in [7, 11) is 0. The Kier molecular flexibility index (Phi) is 8.25. The van der Waals surface area contributed by atoms with Crippen LogP contribution in [0, 0.1) is 0 Å². The Morgan fingerprint density at radius 1 is 1.12 bits per heavy atom. The second-order valence-electron chi connectivity index (χ2n) is 4.03. The minimum absolute atomic E-state index is 0.787. The average Bonchev–Trinajstić information content (AvgIpc) is 2.38. The third-order valence-corrected chi connectivity index (χ3v) is 2.55. The minimum Gasteiger partial charge on any atom is -0.380 e. The maximum absolute atomic E-state index is 5.41. The third kappa shape index (κ3) is 7.72. The van der Waals surface area contributed by atoms with Crippen molar-refractivity contribution in [3.8, 4) is 0 Å². The number of hydrogen-bond acceptors (Lipinski definition) is 2. The van der Waals surface area contributed by atoms with Gasteiger partial charge in [-0.3, -0.25) is 0 Å². The molecule has 1 rings (SSSR count). The number of ether oxygens (including phenoxy) is 1. The SMILES string of the molecule is C=CCCOCCNCCCc1ccccc1. The van der Waals surface area contributed by atoms with E-state index >= 15 is 0 Å². The highest BCUT2D eigenvalue weighted by Gasteiger charge is 1.92. The molecule has 94 valence electrons. The lowest BCUT2D eigenvalue weighted by atomic mass is 10.1. The molecule has 0 fully saturated rings. The summed E-state index contributed by atoms with van der Waals surface area (Å²) in [4.78, 5) is 0. The van der Waals surface area contributed by atoms with Crippen LogP contribution in [0.1, 0.15) is 18.4 Å². The highest BCUT2D eigenvalue weighted by atomic mass is 16.5. The van der Waals surface area contributed by atoms with Crippen molar-refractivity contribution in [1.29, 1.82) is 0 Å². The molecule has 17 heavy (non-hydrogen) atoms. The van der Waals surface area contributed by atoms with E-state index in [0.29, 0.717) is 0 Å². The van der Waals surface area contributed by atoms with Crippen molar-refractivity contribution >= 4 is 0 Å². The smallest absolute Gasteiger partial charge is 0.0591 e. The van der Waals surface area contributed by atoms with Gasteiger partial charge in [-0.15, -0.1) is 6.58 Å². The molecule has 0 saturated carbocycles. The predicted molar refractivity (Wildman–Crippen MR) is 73.3 cm³/mol. The zero-order valence-electron chi connectivity index (χ0n) is 10.5. The molecule has 0 saturated heterocycles. The first kappa shape index (κ1) is 13.9. The van der Waals surface area contributed by atoms with Crippen LogP contribution in [0.25, 0.3) is 0 Å². The Morgan fingerprint density at radius 2 is 1.94 bits per heavy atom. The molecule has 0 atom stereocenters. The van der Waals surface area contributed by atoms with Gasteiger partial charge in [0.15, 0.2) is 0 Å². The van der Waals surface area contributed by atoms with Crippen LogP contribution in [0.4, 0.5) is 0 Å². The van der Waals surface area contributed by atoms with E-state index in [2.05, 4.69) is 42.2 Å². The number of aryl methyl sites for hydroxylation is 1. The Hall–Kier alpha value is -1.12. The van der Waals surface area contributed by atoms with Gasteiger partial charge in [0.25, 0.3) is 0 Å². The summed E-state index contributed by atoms with van der Waals surface area (Å²) in [6, 6.07) is 10.6. The Balaban J connectivity index is 1.86. The molecule has 1 N–H and O–H groups in total. The van der Waals surface area contributed by atoms with Gasteiger partial charge in [-0.1, -0.05) is 36.4 Å². The van der Waals surface area contributed by atoms with Crippen molar-refractivity contribution in [2.24, 2.45) is 0 Å². The minimum atomic E-state index is 0.787. The number of rotatable bonds is 10. The van der Waals surface area contributed by atoms with E-state index in [0.717, 1.165) is 39.1 Å². The molecule has 0 heterocycles. The summed E-state index contributed by atoms with van der Waals surface area (Å²) in [6.45, 7) is 7.22. The van der Waals surface area contributed by atoms with Crippen LogP contribution >= 0.6 is 0 Å². The monoisotopic (exact) mass is 233 g/mol. The van der Waals surface area contributed by atoms with Crippen LogP contribution in [-0.4, -0.2) is 26.3 Å². The van der Waals surface area contributed by atoms with Gasteiger partial charge < -0.3 is 10.1 Å². The Morgan fingerprint density at radius 3 is 2.71 bits per heavy atom. The zero-order valence-corrected chi connectivity index (χ0v) is 10.5. The number of benzene rings is 1. The van der Waals surface area contributed by atoms with Crippen LogP contribution in [0.3, 0.4) is 0 Å². The van der Waals surface area contributed by atoms with Gasteiger partial charge in [-0.05, 0) is 31.4 Å². The van der Waals surface area contributed by atoms with E-state index < -0.39 is 0 Å². The lowest BCUT2D eigenvalue weighted by molar-refractivity contribution is 0.140. The largest absolute Gasteiger partial charge is 0.380 e. The van der Waals surface area contributed by atoms with Crippen LogP contribution in [0.2, 0.25) is 0 Å². The molecule has 0 aromatic heterocycles. The topological polar surface area (TPSA) is 21.3 Å². The first-order valence-corrected chi connectivity index (χ1v) is 6.37. The van der Waals surface area contributed by atoms with Gasteiger partial charge in [0.05, 0.1) is 13.2 Å². The summed E-state index contributed by atoms with van der Waals surface area (Å²) < 4.78 is 5.41. The summed E-state index contributed by atoms with van der Waals surface area (Å²) in [5.41, 5.74) is 1.41. The van der Waals surface area contributed by atoms with E-state index in [4.69, 9.17) is 4.74 Å². The summed E-state index contributed by atoms with van der Waals surface area (Å²) in [5, 5.41) is 3.38. The highest BCUT2D eigenvalue weighted by molar-refractivity contribution is 5.14. The fraction of sp³-hybridized carbons (Fsp3) is 0.467. The van der Waals surface area contributed by atoms with Crippen LogP contribution in [0.5, 0.6) is 0 Å². The molecule has 0 aliphatic carbocycles. The van der Waals surface area contributed by atoms with E-state index in [-0.39, 0.29) is 0 Å². The van der Waals surface area contributed by atoms with Gasteiger partial charge in [0.1, 0.15) is 0 Å². The molecule has 0 aliphatic rings. The molecule has 0 spiro atoms. The van der Waals surface area contributed by atoms with Gasteiger partial charge in [-0.25, -0.2) is 0 Å². The van der Waals surface area contributed by atoms with Gasteiger partial charge in [-0.2, -0.15) is 0 Å². The summed E-state index contributed by atoms with van der Waals surface area (Å²) in [5.74, 6) is 0. The van der Waals surface area contributed by atoms with Gasteiger partial charge in [0, 0.05) is 6.54 Å². The molecule has 0 amide bonds. The first-order chi connectivity index (χ1) is 8.43. The molecule has 2 nitrogen and oxygen atoms in total. The second kappa shape index (κ2) is 10.1. The summed E-state index contributed by atoms with van der Waals surface area (Å²) in [6.07, 6.45) is 5.14. The van der Waals surface area contributed by atoms with Crippen molar-refractivity contribution < 1.29 is 4.74 Å². The van der Waals surface area contributed by atoms with Crippen LogP contribution in [-0.2, 0) is 11.2 Å². The van der Waals surface area contributed by atoms with Crippen molar-refractivity contribution in [3.63, 3.8) is 0 Å². The van der Waals surface area contributed by atoms with Crippen molar-refractivity contribution in [2.45, 2.75) is 19.3 Å². The standard InChI is InChI=1S/C15H23NO/c1-2-3-13-17-14-12-16-11-7-10-15-8-5-4-6-9-15/h2,4-6,8-9,16H,1,3,7,10-14H2. The number of nitrogens with one attached hydrogen (secondary N) is 1. The molecule has 1 aromatic carbocycles. The molecule has 0 aliphatic heterocycles. The van der Waals surface area contributed by atoms with Gasteiger partial charge >= 0.3 is 0 Å². The van der Waals surface area contributed by atoms with Gasteiger partial charge in [0.2, 0.25) is 0 Å². The fourth-order valence-electron chi connectivity index (χ4n) is 1.60.